The molecule has 2 amide bonds. The number of amides is 2. The third-order valence-electron chi connectivity index (χ3n) is 7.76. The van der Waals surface area contributed by atoms with Crippen LogP contribution in [0.4, 0.5) is 16.2 Å². The molecule has 4 aromatic carbocycles. The van der Waals surface area contributed by atoms with E-state index in [9.17, 15) is 4.79 Å². The summed E-state index contributed by atoms with van der Waals surface area (Å²) >= 11 is 0. The molecular formula is C31H30N4O. The second kappa shape index (κ2) is 8.94. The number of para-hydroxylation sites is 2. The number of anilines is 2. The second-order valence-corrected chi connectivity index (χ2v) is 9.46. The first-order valence-corrected chi connectivity index (χ1v) is 12.7. The fourth-order valence-electron chi connectivity index (χ4n) is 5.84. The SMILES string of the molecule is CCC1(CC)c2ccccc2-c2cc(C3NN(c4ccccc4)C(=O)N(c4ccccc4)N3)ccc21. The number of hydrogen-bond donors (Lipinski definition) is 2. The van der Waals surface area contributed by atoms with Crippen LogP contribution in [0, 0.1) is 0 Å². The van der Waals surface area contributed by atoms with E-state index in [1.165, 1.54) is 22.3 Å². The molecule has 6 rings (SSSR count). The number of hydrogen-bond acceptors (Lipinski definition) is 3. The Bertz CT molecular complexity index is 1350. The predicted octanol–water partition coefficient (Wildman–Crippen LogP) is 6.93. The summed E-state index contributed by atoms with van der Waals surface area (Å²) in [6.07, 6.45) is 1.81. The Balaban J connectivity index is 1.44. The fourth-order valence-corrected chi connectivity index (χ4v) is 5.84. The first-order valence-electron chi connectivity index (χ1n) is 12.7. The lowest BCUT2D eigenvalue weighted by atomic mass is 9.74. The van der Waals surface area contributed by atoms with Gasteiger partial charge in [0.2, 0.25) is 0 Å². The van der Waals surface area contributed by atoms with E-state index in [1.807, 2.05) is 60.7 Å². The predicted molar refractivity (Wildman–Crippen MR) is 145 cm³/mol. The Labute approximate surface area is 212 Å². The highest BCUT2D eigenvalue weighted by molar-refractivity contribution is 6.03. The zero-order chi connectivity index (χ0) is 24.7. The molecule has 180 valence electrons. The van der Waals surface area contributed by atoms with E-state index < -0.39 is 0 Å². The maximum absolute atomic E-state index is 13.5. The number of benzene rings is 4. The van der Waals surface area contributed by atoms with Crippen LogP contribution in [0.1, 0.15) is 49.5 Å². The van der Waals surface area contributed by atoms with Crippen LogP contribution in [0.5, 0.6) is 0 Å². The first kappa shape index (κ1) is 22.5. The molecule has 0 bridgehead atoms. The van der Waals surface area contributed by atoms with Gasteiger partial charge in [0.15, 0.2) is 0 Å². The molecule has 2 N–H and O–H groups in total. The highest BCUT2D eigenvalue weighted by Crippen LogP contribution is 2.52. The largest absolute Gasteiger partial charge is 0.358 e. The topological polar surface area (TPSA) is 47.6 Å². The van der Waals surface area contributed by atoms with E-state index in [4.69, 9.17) is 0 Å². The Morgan fingerprint density at radius 3 is 1.78 bits per heavy atom. The van der Waals surface area contributed by atoms with E-state index in [-0.39, 0.29) is 17.6 Å². The molecule has 0 unspecified atom stereocenters. The molecule has 1 saturated heterocycles. The van der Waals surface area contributed by atoms with Crippen molar-refractivity contribution in [3.05, 3.63) is 120 Å². The average Bonchev–Trinajstić information content (AvgIpc) is 3.23. The number of carbonyl (C=O) groups excluding carboxylic acids is 1. The zero-order valence-electron chi connectivity index (χ0n) is 20.6. The van der Waals surface area contributed by atoms with Gasteiger partial charge in [0, 0.05) is 5.41 Å². The minimum Gasteiger partial charge on any atom is -0.245 e. The first-order chi connectivity index (χ1) is 17.7. The molecule has 1 fully saturated rings. The van der Waals surface area contributed by atoms with Crippen molar-refractivity contribution in [2.75, 3.05) is 10.0 Å². The number of hydrazine groups is 2. The molecule has 0 aromatic heterocycles. The van der Waals surface area contributed by atoms with Gasteiger partial charge >= 0.3 is 6.03 Å². The highest BCUT2D eigenvalue weighted by Gasteiger charge is 2.41. The molecule has 36 heavy (non-hydrogen) atoms. The van der Waals surface area contributed by atoms with E-state index in [2.05, 4.69) is 67.2 Å². The Morgan fingerprint density at radius 2 is 1.19 bits per heavy atom. The summed E-state index contributed by atoms with van der Waals surface area (Å²) in [7, 11) is 0. The normalized spacial score (nSPS) is 16.7. The van der Waals surface area contributed by atoms with Crippen LogP contribution in [0.15, 0.2) is 103 Å². The van der Waals surface area contributed by atoms with E-state index in [0.29, 0.717) is 0 Å². The van der Waals surface area contributed by atoms with Crippen LogP contribution in [0.25, 0.3) is 11.1 Å². The number of nitrogens with one attached hydrogen (secondary N) is 2. The average molecular weight is 475 g/mol. The molecule has 0 atom stereocenters. The van der Waals surface area contributed by atoms with Gasteiger partial charge < -0.3 is 0 Å². The molecule has 4 aromatic rings. The summed E-state index contributed by atoms with van der Waals surface area (Å²) in [5, 5.41) is 3.25. The number of nitrogens with zero attached hydrogens (tertiary/aromatic N) is 2. The molecular weight excluding hydrogens is 444 g/mol. The van der Waals surface area contributed by atoms with Crippen LogP contribution >= 0.6 is 0 Å². The van der Waals surface area contributed by atoms with Crippen molar-refractivity contribution in [2.45, 2.75) is 38.3 Å². The Kier molecular flexibility index (Phi) is 5.59. The maximum Gasteiger partial charge on any atom is 0.358 e. The summed E-state index contributed by atoms with van der Waals surface area (Å²) in [6.45, 7) is 4.57. The van der Waals surface area contributed by atoms with Gasteiger partial charge in [-0.3, -0.25) is 0 Å². The fraction of sp³-hybridized carbons (Fsp3) is 0.194. The minimum absolute atomic E-state index is 0.0417. The number of urea groups is 1. The monoisotopic (exact) mass is 474 g/mol. The van der Waals surface area contributed by atoms with E-state index in [1.54, 1.807) is 10.0 Å². The van der Waals surface area contributed by atoms with Crippen LogP contribution in [-0.4, -0.2) is 6.03 Å². The van der Waals surface area contributed by atoms with Crippen LogP contribution in [0.3, 0.4) is 0 Å². The summed E-state index contributed by atoms with van der Waals surface area (Å²) in [6, 6.07) is 34.8. The molecule has 0 radical (unpaired) electrons. The summed E-state index contributed by atoms with van der Waals surface area (Å²) in [5.74, 6) is 0. The molecule has 1 aliphatic heterocycles. The number of carbonyl (C=O) groups is 1. The van der Waals surface area contributed by atoms with Crippen molar-refractivity contribution in [3.63, 3.8) is 0 Å². The molecule has 2 aliphatic rings. The van der Waals surface area contributed by atoms with Gasteiger partial charge in [-0.15, -0.1) is 0 Å². The molecule has 0 saturated carbocycles. The number of rotatable bonds is 5. The summed E-state index contributed by atoms with van der Waals surface area (Å²) < 4.78 is 0. The van der Waals surface area contributed by atoms with Crippen molar-refractivity contribution >= 4 is 17.4 Å². The van der Waals surface area contributed by atoms with Gasteiger partial charge in [0.25, 0.3) is 0 Å². The Hall–Kier alpha value is -3.93. The van der Waals surface area contributed by atoms with Crippen LogP contribution in [-0.2, 0) is 5.41 Å². The van der Waals surface area contributed by atoms with Gasteiger partial charge in [-0.2, -0.15) is 0 Å². The van der Waals surface area contributed by atoms with Crippen LogP contribution in [0.2, 0.25) is 0 Å². The minimum atomic E-state index is -0.307. The van der Waals surface area contributed by atoms with Gasteiger partial charge in [0.1, 0.15) is 6.17 Å². The highest BCUT2D eigenvalue weighted by atomic mass is 16.2. The summed E-state index contributed by atoms with van der Waals surface area (Å²) in [5.41, 5.74) is 15.0. The maximum atomic E-state index is 13.5. The standard InChI is InChI=1S/C31H30N4O/c1-3-31(4-2)27-18-12-11-17-25(27)26-21-22(19-20-28(26)31)29-32-34(23-13-7-5-8-14-23)30(36)35(33-29)24-15-9-6-10-16-24/h5-21,29,32-33H,3-4H2,1-2H3. The quantitative estimate of drug-likeness (QED) is 0.330. The number of fused-ring (bicyclic) bond motifs is 3. The third kappa shape index (κ3) is 3.43. The molecule has 5 heteroatoms. The van der Waals surface area contributed by atoms with Gasteiger partial charge in [-0.25, -0.2) is 25.7 Å². The third-order valence-corrected chi connectivity index (χ3v) is 7.76. The van der Waals surface area contributed by atoms with Gasteiger partial charge in [-0.1, -0.05) is 86.6 Å². The summed E-state index contributed by atoms with van der Waals surface area (Å²) in [4.78, 5) is 13.5. The second-order valence-electron chi connectivity index (χ2n) is 9.46. The van der Waals surface area contributed by atoms with Crippen molar-refractivity contribution < 1.29 is 4.79 Å². The van der Waals surface area contributed by atoms with Gasteiger partial charge in [0.05, 0.1) is 11.4 Å². The van der Waals surface area contributed by atoms with Gasteiger partial charge in [-0.05, 0) is 71.0 Å². The lowest BCUT2D eigenvalue weighted by Crippen LogP contribution is -2.65. The lowest BCUT2D eigenvalue weighted by Gasteiger charge is -2.41. The smallest absolute Gasteiger partial charge is 0.245 e. The van der Waals surface area contributed by atoms with Crippen LogP contribution < -0.4 is 20.9 Å². The zero-order valence-corrected chi connectivity index (χ0v) is 20.6. The van der Waals surface area contributed by atoms with Crippen molar-refractivity contribution in [1.82, 2.24) is 10.9 Å². The molecule has 0 spiro atoms. The van der Waals surface area contributed by atoms with Crippen molar-refractivity contribution in [3.8, 4) is 11.1 Å². The van der Waals surface area contributed by atoms with Crippen molar-refractivity contribution in [2.24, 2.45) is 0 Å². The van der Waals surface area contributed by atoms with Crippen molar-refractivity contribution in [1.29, 1.82) is 0 Å². The van der Waals surface area contributed by atoms with E-state index in [0.717, 1.165) is 29.8 Å². The lowest BCUT2D eigenvalue weighted by molar-refractivity contribution is 0.231. The molecule has 1 aliphatic carbocycles. The Morgan fingerprint density at radius 1 is 0.667 bits per heavy atom. The molecule has 5 nitrogen and oxygen atoms in total. The molecule has 1 heterocycles. The van der Waals surface area contributed by atoms with E-state index >= 15 is 0 Å².